The van der Waals surface area contributed by atoms with E-state index in [2.05, 4.69) is 5.32 Å². The van der Waals surface area contributed by atoms with E-state index >= 15 is 0 Å². The molecule has 1 aromatic carbocycles. The molecule has 3 aromatic rings. The molecule has 0 amide bonds. The van der Waals surface area contributed by atoms with E-state index in [1.165, 1.54) is 17.0 Å². The monoisotopic (exact) mass is 362 g/mol. The maximum atomic E-state index is 13.1. The standard InChI is InChI=1S/C18H16ClFN2OS/c19-16-9-8-13(23-16)10-21-14-2-1-3-15-17(14)22-18(24-15)11-4-6-12(20)7-5-11/h4-9,14,21H,1-3,10H2. The number of nitrogens with one attached hydrogen (secondary N) is 1. The summed E-state index contributed by atoms with van der Waals surface area (Å²) in [4.78, 5) is 6.14. The van der Waals surface area contributed by atoms with E-state index in [-0.39, 0.29) is 11.9 Å². The smallest absolute Gasteiger partial charge is 0.193 e. The lowest BCUT2D eigenvalue weighted by Gasteiger charge is -2.21. The zero-order valence-corrected chi connectivity index (χ0v) is 14.5. The Bertz CT molecular complexity index is 843. The summed E-state index contributed by atoms with van der Waals surface area (Å²) in [6, 6.07) is 10.4. The van der Waals surface area contributed by atoms with Gasteiger partial charge in [-0.3, -0.25) is 0 Å². The van der Waals surface area contributed by atoms with E-state index in [4.69, 9.17) is 21.0 Å². The first-order chi connectivity index (χ1) is 11.7. The van der Waals surface area contributed by atoms with E-state index in [1.54, 1.807) is 29.5 Å². The lowest BCUT2D eigenvalue weighted by atomic mass is 9.97. The van der Waals surface area contributed by atoms with Crippen LogP contribution in [0.2, 0.25) is 5.22 Å². The Hall–Kier alpha value is -1.69. The largest absolute Gasteiger partial charge is 0.448 e. The molecule has 124 valence electrons. The Morgan fingerprint density at radius 1 is 1.25 bits per heavy atom. The van der Waals surface area contributed by atoms with Gasteiger partial charge >= 0.3 is 0 Å². The van der Waals surface area contributed by atoms with Gasteiger partial charge in [0.2, 0.25) is 0 Å². The highest BCUT2D eigenvalue weighted by Gasteiger charge is 2.25. The second kappa shape index (κ2) is 6.67. The topological polar surface area (TPSA) is 38.1 Å². The SMILES string of the molecule is Fc1ccc(-c2nc3c(s2)CCCC3NCc2ccc(Cl)o2)cc1. The van der Waals surface area contributed by atoms with Crippen LogP contribution in [-0.4, -0.2) is 4.98 Å². The number of benzene rings is 1. The van der Waals surface area contributed by atoms with Gasteiger partial charge in [0, 0.05) is 10.4 Å². The predicted octanol–water partition coefficient (Wildman–Crippen LogP) is 5.36. The van der Waals surface area contributed by atoms with Crippen molar-refractivity contribution in [1.29, 1.82) is 0 Å². The number of fused-ring (bicyclic) bond motifs is 1. The third kappa shape index (κ3) is 3.24. The molecule has 3 nitrogen and oxygen atoms in total. The maximum absolute atomic E-state index is 13.1. The third-order valence-electron chi connectivity index (χ3n) is 4.20. The fraction of sp³-hybridized carbons (Fsp3) is 0.278. The van der Waals surface area contributed by atoms with Gasteiger partial charge in [-0.1, -0.05) is 0 Å². The van der Waals surface area contributed by atoms with Crippen LogP contribution in [0.15, 0.2) is 40.8 Å². The van der Waals surface area contributed by atoms with Gasteiger partial charge in [-0.2, -0.15) is 0 Å². The highest BCUT2D eigenvalue weighted by atomic mass is 35.5. The van der Waals surface area contributed by atoms with Crippen molar-refractivity contribution in [1.82, 2.24) is 10.3 Å². The lowest BCUT2D eigenvalue weighted by Crippen LogP contribution is -2.24. The first kappa shape index (κ1) is 15.8. The van der Waals surface area contributed by atoms with Gasteiger partial charge < -0.3 is 9.73 Å². The molecule has 0 saturated carbocycles. The van der Waals surface area contributed by atoms with Gasteiger partial charge in [-0.25, -0.2) is 9.37 Å². The van der Waals surface area contributed by atoms with Crippen LogP contribution in [0.3, 0.4) is 0 Å². The summed E-state index contributed by atoms with van der Waals surface area (Å²) in [5.74, 6) is 0.595. The molecule has 1 unspecified atom stereocenters. The van der Waals surface area contributed by atoms with E-state index < -0.39 is 0 Å². The van der Waals surface area contributed by atoms with Crippen LogP contribution in [0.25, 0.3) is 10.6 Å². The van der Waals surface area contributed by atoms with Crippen LogP contribution in [0, 0.1) is 5.82 Å². The van der Waals surface area contributed by atoms with Gasteiger partial charge in [-0.15, -0.1) is 11.3 Å². The Labute approximate surface area is 148 Å². The van der Waals surface area contributed by atoms with Crippen LogP contribution in [0.5, 0.6) is 0 Å². The summed E-state index contributed by atoms with van der Waals surface area (Å²) in [7, 11) is 0. The molecule has 1 atom stereocenters. The number of hydrogen-bond acceptors (Lipinski definition) is 4. The van der Waals surface area contributed by atoms with Crippen molar-refractivity contribution < 1.29 is 8.81 Å². The number of rotatable bonds is 4. The fourth-order valence-electron chi connectivity index (χ4n) is 3.00. The molecule has 0 aliphatic heterocycles. The minimum absolute atomic E-state index is 0.211. The number of nitrogens with zero attached hydrogens (tertiary/aromatic N) is 1. The van der Waals surface area contributed by atoms with Crippen molar-refractivity contribution in [2.45, 2.75) is 31.8 Å². The Kier molecular flexibility index (Phi) is 4.39. The number of aryl methyl sites for hydroxylation is 1. The highest BCUT2D eigenvalue weighted by molar-refractivity contribution is 7.15. The summed E-state index contributed by atoms with van der Waals surface area (Å²) in [5.41, 5.74) is 2.08. The summed E-state index contributed by atoms with van der Waals surface area (Å²) in [6.45, 7) is 0.625. The molecule has 24 heavy (non-hydrogen) atoms. The second-order valence-corrected chi connectivity index (χ2v) is 7.32. The molecular formula is C18H16ClFN2OS. The summed E-state index contributed by atoms with van der Waals surface area (Å²) in [6.07, 6.45) is 3.24. The van der Waals surface area contributed by atoms with Gasteiger partial charge in [0.15, 0.2) is 5.22 Å². The normalized spacial score (nSPS) is 17.0. The molecule has 0 spiro atoms. The molecule has 1 aliphatic carbocycles. The second-order valence-electron chi connectivity index (χ2n) is 5.87. The van der Waals surface area contributed by atoms with Crippen molar-refractivity contribution in [3.8, 4) is 10.6 Å². The zero-order chi connectivity index (χ0) is 16.5. The summed E-state index contributed by atoms with van der Waals surface area (Å²) >= 11 is 7.52. The molecule has 2 aromatic heterocycles. The van der Waals surface area contributed by atoms with Crippen LogP contribution in [0.1, 0.15) is 35.2 Å². The van der Waals surface area contributed by atoms with Crippen LogP contribution in [0.4, 0.5) is 4.39 Å². The van der Waals surface area contributed by atoms with Crippen LogP contribution < -0.4 is 5.32 Å². The van der Waals surface area contributed by atoms with Crippen molar-refractivity contribution in [2.75, 3.05) is 0 Å². The predicted molar refractivity (Wildman–Crippen MR) is 93.7 cm³/mol. The van der Waals surface area contributed by atoms with E-state index in [9.17, 15) is 4.39 Å². The molecule has 1 aliphatic rings. The van der Waals surface area contributed by atoms with E-state index in [0.29, 0.717) is 11.8 Å². The molecule has 1 N–H and O–H groups in total. The highest BCUT2D eigenvalue weighted by Crippen LogP contribution is 2.37. The van der Waals surface area contributed by atoms with Gasteiger partial charge in [0.25, 0.3) is 0 Å². The third-order valence-corrected chi connectivity index (χ3v) is 5.58. The van der Waals surface area contributed by atoms with Crippen molar-refractivity contribution in [3.63, 3.8) is 0 Å². The molecule has 0 saturated heterocycles. The van der Waals surface area contributed by atoms with Crippen LogP contribution in [-0.2, 0) is 13.0 Å². The van der Waals surface area contributed by atoms with E-state index in [1.807, 2.05) is 6.07 Å². The maximum Gasteiger partial charge on any atom is 0.193 e. The number of hydrogen-bond donors (Lipinski definition) is 1. The fourth-order valence-corrected chi connectivity index (χ4v) is 4.34. The Morgan fingerprint density at radius 2 is 2.08 bits per heavy atom. The molecular weight excluding hydrogens is 347 g/mol. The zero-order valence-electron chi connectivity index (χ0n) is 12.9. The van der Waals surface area contributed by atoms with Crippen molar-refractivity contribution >= 4 is 22.9 Å². The number of furan rings is 1. The van der Waals surface area contributed by atoms with Crippen LogP contribution >= 0.6 is 22.9 Å². The Balaban J connectivity index is 1.54. The number of halogens is 2. The van der Waals surface area contributed by atoms with Crippen molar-refractivity contribution in [3.05, 3.63) is 63.8 Å². The molecule has 4 rings (SSSR count). The van der Waals surface area contributed by atoms with Gasteiger partial charge in [0.1, 0.15) is 16.6 Å². The first-order valence-corrected chi connectivity index (χ1v) is 9.11. The van der Waals surface area contributed by atoms with E-state index in [0.717, 1.165) is 41.3 Å². The first-order valence-electron chi connectivity index (χ1n) is 7.92. The van der Waals surface area contributed by atoms with Gasteiger partial charge in [-0.05, 0) is 67.3 Å². The molecule has 6 heteroatoms. The Morgan fingerprint density at radius 3 is 2.83 bits per heavy atom. The number of aromatic nitrogens is 1. The quantitative estimate of drug-likeness (QED) is 0.678. The minimum Gasteiger partial charge on any atom is -0.448 e. The number of thiazole rings is 1. The molecule has 0 fully saturated rings. The summed E-state index contributed by atoms with van der Waals surface area (Å²) < 4.78 is 18.5. The molecule has 0 bridgehead atoms. The lowest BCUT2D eigenvalue weighted by molar-refractivity contribution is 0.414. The summed E-state index contributed by atoms with van der Waals surface area (Å²) in [5, 5.41) is 4.87. The molecule has 2 heterocycles. The minimum atomic E-state index is -0.225. The van der Waals surface area contributed by atoms with Gasteiger partial charge in [0.05, 0.1) is 18.3 Å². The average molecular weight is 363 g/mol. The van der Waals surface area contributed by atoms with Crippen molar-refractivity contribution in [2.24, 2.45) is 0 Å². The molecule has 0 radical (unpaired) electrons. The average Bonchev–Trinajstić information content (AvgIpc) is 3.20.